The van der Waals surface area contributed by atoms with Gasteiger partial charge in [0.2, 0.25) is 11.9 Å². The van der Waals surface area contributed by atoms with E-state index in [0.29, 0.717) is 24.6 Å². The highest BCUT2D eigenvalue weighted by Gasteiger charge is 2.24. The first kappa shape index (κ1) is 15.8. The van der Waals surface area contributed by atoms with Gasteiger partial charge < -0.3 is 15.0 Å². The average Bonchev–Trinajstić information content (AvgIpc) is 3.00. The van der Waals surface area contributed by atoms with Crippen LogP contribution in [-0.2, 0) is 0 Å². The van der Waals surface area contributed by atoms with Gasteiger partial charge in [0.05, 0.1) is 6.61 Å². The lowest BCUT2D eigenvalue weighted by Crippen LogP contribution is -2.34. The maximum absolute atomic E-state index is 5.61. The minimum atomic E-state index is 0.425. The molecule has 1 saturated carbocycles. The van der Waals surface area contributed by atoms with Crippen molar-refractivity contribution in [3.05, 3.63) is 0 Å². The van der Waals surface area contributed by atoms with Crippen LogP contribution < -0.4 is 15.0 Å². The van der Waals surface area contributed by atoms with Crippen LogP contribution in [0.4, 0.5) is 11.9 Å². The van der Waals surface area contributed by atoms with Crippen LogP contribution in [0.3, 0.4) is 0 Å². The van der Waals surface area contributed by atoms with E-state index in [1.165, 1.54) is 25.7 Å². The van der Waals surface area contributed by atoms with Crippen LogP contribution in [0.15, 0.2) is 0 Å². The van der Waals surface area contributed by atoms with E-state index in [1.54, 1.807) is 0 Å². The summed E-state index contributed by atoms with van der Waals surface area (Å²) in [5.74, 6) is 1.34. The van der Waals surface area contributed by atoms with Gasteiger partial charge >= 0.3 is 6.01 Å². The Bertz CT molecular complexity index is 434. The number of nitrogens with zero attached hydrogens (tertiary/aromatic N) is 4. The van der Waals surface area contributed by atoms with E-state index in [1.807, 2.05) is 6.92 Å². The van der Waals surface area contributed by atoms with Crippen LogP contribution in [0.25, 0.3) is 0 Å². The SMILES string of the molecule is CCCOc1nc(NCC)nc(N(CC)C2CCCC2)n1. The summed E-state index contributed by atoms with van der Waals surface area (Å²) in [6.07, 6.45) is 5.98. The van der Waals surface area contributed by atoms with E-state index >= 15 is 0 Å². The predicted molar refractivity (Wildman–Crippen MR) is 85.1 cm³/mol. The minimum Gasteiger partial charge on any atom is -0.463 e. The summed E-state index contributed by atoms with van der Waals surface area (Å²) in [7, 11) is 0. The van der Waals surface area contributed by atoms with Gasteiger partial charge in [-0.25, -0.2) is 0 Å². The summed E-state index contributed by atoms with van der Waals surface area (Å²) in [6, 6.07) is 0.972. The Morgan fingerprint density at radius 2 is 1.90 bits per heavy atom. The van der Waals surface area contributed by atoms with E-state index in [-0.39, 0.29) is 0 Å². The number of nitrogens with one attached hydrogen (secondary N) is 1. The zero-order valence-electron chi connectivity index (χ0n) is 13.4. The molecule has 0 radical (unpaired) electrons. The summed E-state index contributed by atoms with van der Waals surface area (Å²) < 4.78 is 5.61. The van der Waals surface area contributed by atoms with Crippen molar-refractivity contribution >= 4 is 11.9 Å². The van der Waals surface area contributed by atoms with Gasteiger partial charge in [-0.1, -0.05) is 19.8 Å². The molecular formula is C15H27N5O. The summed E-state index contributed by atoms with van der Waals surface area (Å²) in [5.41, 5.74) is 0. The summed E-state index contributed by atoms with van der Waals surface area (Å²) >= 11 is 0. The fraction of sp³-hybridized carbons (Fsp3) is 0.800. The smallest absolute Gasteiger partial charge is 0.323 e. The molecule has 21 heavy (non-hydrogen) atoms. The van der Waals surface area contributed by atoms with Crippen LogP contribution in [0, 0.1) is 0 Å². The van der Waals surface area contributed by atoms with Gasteiger partial charge in [-0.05, 0) is 33.1 Å². The van der Waals surface area contributed by atoms with E-state index in [9.17, 15) is 0 Å². The predicted octanol–water partition coefficient (Wildman–Crippen LogP) is 2.86. The Morgan fingerprint density at radius 1 is 1.14 bits per heavy atom. The molecule has 2 rings (SSSR count). The molecule has 0 saturated heterocycles. The lowest BCUT2D eigenvalue weighted by atomic mass is 10.2. The van der Waals surface area contributed by atoms with Crippen molar-refractivity contribution in [2.24, 2.45) is 0 Å². The molecule has 0 atom stereocenters. The number of aromatic nitrogens is 3. The van der Waals surface area contributed by atoms with E-state index in [4.69, 9.17) is 4.74 Å². The average molecular weight is 293 g/mol. The zero-order chi connectivity index (χ0) is 15.1. The lowest BCUT2D eigenvalue weighted by Gasteiger charge is -2.27. The molecule has 1 aromatic heterocycles. The van der Waals surface area contributed by atoms with Crippen LogP contribution in [0.2, 0.25) is 0 Å². The summed E-state index contributed by atoms with van der Waals surface area (Å²) in [6.45, 7) is 8.58. The molecule has 1 N–H and O–H groups in total. The molecule has 1 aliphatic rings. The molecule has 6 nitrogen and oxygen atoms in total. The first-order chi connectivity index (χ1) is 10.3. The van der Waals surface area contributed by atoms with Crippen LogP contribution in [0.5, 0.6) is 6.01 Å². The summed E-state index contributed by atoms with van der Waals surface area (Å²) in [4.78, 5) is 15.7. The van der Waals surface area contributed by atoms with Crippen molar-refractivity contribution in [3.63, 3.8) is 0 Å². The lowest BCUT2D eigenvalue weighted by molar-refractivity contribution is 0.291. The monoisotopic (exact) mass is 293 g/mol. The highest BCUT2D eigenvalue weighted by Crippen LogP contribution is 2.27. The van der Waals surface area contributed by atoms with Gasteiger partial charge in [0.15, 0.2) is 0 Å². The third kappa shape index (κ3) is 4.19. The Morgan fingerprint density at radius 3 is 2.52 bits per heavy atom. The quantitative estimate of drug-likeness (QED) is 0.795. The number of hydrogen-bond acceptors (Lipinski definition) is 6. The van der Waals surface area contributed by atoms with E-state index in [0.717, 1.165) is 25.5 Å². The molecule has 6 heteroatoms. The molecule has 0 bridgehead atoms. The Balaban J connectivity index is 2.23. The van der Waals surface area contributed by atoms with E-state index < -0.39 is 0 Å². The second kappa shape index (κ2) is 8.00. The second-order valence-corrected chi connectivity index (χ2v) is 5.34. The van der Waals surface area contributed by atoms with Crippen molar-refractivity contribution < 1.29 is 4.74 Å². The largest absolute Gasteiger partial charge is 0.463 e. The van der Waals surface area contributed by atoms with Crippen molar-refractivity contribution in [3.8, 4) is 6.01 Å². The fourth-order valence-electron chi connectivity index (χ4n) is 2.75. The first-order valence-electron chi connectivity index (χ1n) is 8.17. The molecular weight excluding hydrogens is 266 g/mol. The van der Waals surface area contributed by atoms with Gasteiger partial charge in [-0.3, -0.25) is 0 Å². The van der Waals surface area contributed by atoms with Crippen LogP contribution in [-0.4, -0.2) is 40.7 Å². The molecule has 0 aliphatic heterocycles. The van der Waals surface area contributed by atoms with Gasteiger partial charge in [-0.2, -0.15) is 15.0 Å². The highest BCUT2D eigenvalue weighted by atomic mass is 16.5. The maximum Gasteiger partial charge on any atom is 0.323 e. The molecule has 0 unspecified atom stereocenters. The third-order valence-corrected chi connectivity index (χ3v) is 3.74. The van der Waals surface area contributed by atoms with E-state index in [2.05, 4.69) is 39.0 Å². The second-order valence-electron chi connectivity index (χ2n) is 5.34. The number of rotatable bonds is 8. The van der Waals surface area contributed by atoms with Crippen molar-refractivity contribution in [1.29, 1.82) is 0 Å². The molecule has 118 valence electrons. The molecule has 0 aromatic carbocycles. The Kier molecular flexibility index (Phi) is 6.02. The number of anilines is 2. The van der Waals surface area contributed by atoms with Gasteiger partial charge in [0, 0.05) is 19.1 Å². The Labute approximate surface area is 127 Å². The topological polar surface area (TPSA) is 63.2 Å². The molecule has 0 spiro atoms. The minimum absolute atomic E-state index is 0.425. The van der Waals surface area contributed by atoms with Crippen molar-refractivity contribution in [1.82, 2.24) is 15.0 Å². The maximum atomic E-state index is 5.61. The third-order valence-electron chi connectivity index (χ3n) is 3.74. The van der Waals surface area contributed by atoms with Crippen LogP contribution >= 0.6 is 0 Å². The van der Waals surface area contributed by atoms with Crippen molar-refractivity contribution in [2.75, 3.05) is 29.9 Å². The van der Waals surface area contributed by atoms with Gasteiger partial charge in [0.1, 0.15) is 0 Å². The standard InChI is InChI=1S/C15H27N5O/c1-4-11-21-15-18-13(16-5-2)17-14(19-15)20(6-3)12-9-7-8-10-12/h12H,4-11H2,1-3H3,(H,16,17,18,19). The number of hydrogen-bond donors (Lipinski definition) is 1. The normalized spacial score (nSPS) is 15.2. The van der Waals surface area contributed by atoms with Gasteiger partial charge in [0.25, 0.3) is 0 Å². The van der Waals surface area contributed by atoms with Gasteiger partial charge in [-0.15, -0.1) is 0 Å². The molecule has 1 heterocycles. The molecule has 1 aromatic rings. The molecule has 0 amide bonds. The summed E-state index contributed by atoms with van der Waals surface area (Å²) in [5, 5.41) is 3.17. The van der Waals surface area contributed by atoms with Crippen molar-refractivity contribution in [2.45, 2.75) is 58.9 Å². The highest BCUT2D eigenvalue weighted by molar-refractivity contribution is 5.39. The fourth-order valence-corrected chi connectivity index (χ4v) is 2.75. The Hall–Kier alpha value is -1.59. The zero-order valence-corrected chi connectivity index (χ0v) is 13.4. The first-order valence-corrected chi connectivity index (χ1v) is 8.17. The van der Waals surface area contributed by atoms with Crippen LogP contribution in [0.1, 0.15) is 52.9 Å². The molecule has 1 aliphatic carbocycles. The molecule has 1 fully saturated rings. The number of ether oxygens (including phenoxy) is 1.